The van der Waals surface area contributed by atoms with Gasteiger partial charge in [0.25, 0.3) is 0 Å². The van der Waals surface area contributed by atoms with Gasteiger partial charge in [-0.25, -0.2) is 8.78 Å². The molecule has 3 rings (SSSR count). The molecule has 0 fully saturated rings. The summed E-state index contributed by atoms with van der Waals surface area (Å²) in [6.07, 6.45) is 1.71. The molecular formula is C14H10F2N2O2. The third-order valence-electron chi connectivity index (χ3n) is 2.84. The predicted octanol–water partition coefficient (Wildman–Crippen LogP) is 2.90. The number of benzene rings is 1. The summed E-state index contributed by atoms with van der Waals surface area (Å²) < 4.78 is 33.4. The smallest absolute Gasteiger partial charge is 0.244 e. The molecule has 0 atom stereocenters. The molecule has 0 aliphatic rings. The van der Waals surface area contributed by atoms with Crippen molar-refractivity contribution in [3.8, 4) is 11.6 Å². The molecule has 0 radical (unpaired) electrons. The first kappa shape index (κ1) is 12.6. The number of halogens is 2. The molecule has 0 unspecified atom stereocenters. The van der Waals surface area contributed by atoms with Crippen molar-refractivity contribution in [1.82, 2.24) is 9.38 Å². The molecule has 0 spiro atoms. The van der Waals surface area contributed by atoms with Crippen LogP contribution in [0.2, 0.25) is 0 Å². The molecule has 1 N–H and O–H groups in total. The van der Waals surface area contributed by atoms with E-state index in [0.29, 0.717) is 11.3 Å². The van der Waals surface area contributed by atoms with E-state index in [-0.39, 0.29) is 18.2 Å². The van der Waals surface area contributed by atoms with Crippen LogP contribution in [0.4, 0.5) is 8.78 Å². The number of aliphatic hydroxyl groups is 1. The third kappa shape index (κ3) is 2.10. The van der Waals surface area contributed by atoms with E-state index in [9.17, 15) is 13.9 Å². The van der Waals surface area contributed by atoms with Crippen molar-refractivity contribution >= 4 is 5.65 Å². The van der Waals surface area contributed by atoms with E-state index in [0.717, 1.165) is 12.1 Å². The maximum Gasteiger partial charge on any atom is 0.244 e. The zero-order valence-electron chi connectivity index (χ0n) is 10.3. The molecule has 102 valence electrons. The van der Waals surface area contributed by atoms with E-state index in [4.69, 9.17) is 4.74 Å². The summed E-state index contributed by atoms with van der Waals surface area (Å²) in [6.45, 7) is -0.316. The number of fused-ring (bicyclic) bond motifs is 1. The lowest BCUT2D eigenvalue weighted by Gasteiger charge is -2.05. The quantitative estimate of drug-likeness (QED) is 0.800. The summed E-state index contributed by atoms with van der Waals surface area (Å²) in [5.74, 6) is -1.58. The van der Waals surface area contributed by atoms with Gasteiger partial charge in [-0.15, -0.1) is 0 Å². The molecule has 2 aromatic heterocycles. The second-order valence-electron chi connectivity index (χ2n) is 4.13. The highest BCUT2D eigenvalue weighted by Gasteiger charge is 2.15. The van der Waals surface area contributed by atoms with Gasteiger partial charge in [-0.2, -0.15) is 4.98 Å². The highest BCUT2D eigenvalue weighted by Crippen LogP contribution is 2.28. The Morgan fingerprint density at radius 3 is 2.80 bits per heavy atom. The lowest BCUT2D eigenvalue weighted by Crippen LogP contribution is -1.96. The topological polar surface area (TPSA) is 46.8 Å². The number of rotatable bonds is 3. The largest absolute Gasteiger partial charge is 0.434 e. The molecule has 3 aromatic rings. The van der Waals surface area contributed by atoms with Crippen LogP contribution in [0.1, 0.15) is 5.69 Å². The Morgan fingerprint density at radius 1 is 1.20 bits per heavy atom. The fourth-order valence-electron chi connectivity index (χ4n) is 1.91. The Labute approximate surface area is 112 Å². The van der Waals surface area contributed by atoms with Gasteiger partial charge in [0.05, 0.1) is 6.61 Å². The number of hydrogen-bond donors (Lipinski definition) is 1. The molecule has 0 saturated carbocycles. The molecule has 2 heterocycles. The molecule has 4 nitrogen and oxygen atoms in total. The average Bonchev–Trinajstić information content (AvgIpc) is 2.79. The molecule has 0 saturated heterocycles. The summed E-state index contributed by atoms with van der Waals surface area (Å²) in [7, 11) is 0. The Kier molecular flexibility index (Phi) is 3.08. The maximum atomic E-state index is 13.6. The Morgan fingerprint density at radius 2 is 2.05 bits per heavy atom. The van der Waals surface area contributed by atoms with E-state index in [1.165, 1.54) is 6.07 Å². The van der Waals surface area contributed by atoms with Crippen LogP contribution in [-0.4, -0.2) is 14.5 Å². The van der Waals surface area contributed by atoms with Crippen LogP contribution in [0.5, 0.6) is 11.6 Å². The minimum atomic E-state index is -0.828. The van der Waals surface area contributed by atoms with Gasteiger partial charge in [0.2, 0.25) is 5.88 Å². The van der Waals surface area contributed by atoms with Gasteiger partial charge in [0.1, 0.15) is 17.2 Å². The van der Waals surface area contributed by atoms with Crippen LogP contribution < -0.4 is 4.74 Å². The molecule has 20 heavy (non-hydrogen) atoms. The van der Waals surface area contributed by atoms with Crippen molar-refractivity contribution in [2.24, 2.45) is 0 Å². The molecule has 1 aromatic carbocycles. The lowest BCUT2D eigenvalue weighted by atomic mass is 10.3. The Bertz CT molecular complexity index is 771. The van der Waals surface area contributed by atoms with E-state index in [2.05, 4.69) is 4.98 Å². The van der Waals surface area contributed by atoms with Crippen LogP contribution >= 0.6 is 0 Å². The number of aromatic nitrogens is 2. The van der Waals surface area contributed by atoms with Crippen LogP contribution in [-0.2, 0) is 6.61 Å². The van der Waals surface area contributed by atoms with Crippen molar-refractivity contribution in [3.05, 3.63) is 59.9 Å². The number of ether oxygens (including phenoxy) is 1. The third-order valence-corrected chi connectivity index (χ3v) is 2.84. The fourth-order valence-corrected chi connectivity index (χ4v) is 1.91. The maximum absolute atomic E-state index is 13.6. The molecule has 0 aliphatic heterocycles. The SMILES string of the molecule is OCc1c(Oc2ccc(F)cc2F)nc2ccccn12. The van der Waals surface area contributed by atoms with Crippen molar-refractivity contribution in [2.45, 2.75) is 6.61 Å². The normalized spacial score (nSPS) is 10.9. The van der Waals surface area contributed by atoms with Gasteiger partial charge in [-0.3, -0.25) is 4.40 Å². The van der Waals surface area contributed by atoms with Gasteiger partial charge < -0.3 is 9.84 Å². The van der Waals surface area contributed by atoms with Crippen molar-refractivity contribution in [2.75, 3.05) is 0 Å². The minimum Gasteiger partial charge on any atom is -0.434 e. The van der Waals surface area contributed by atoms with Gasteiger partial charge in [-0.1, -0.05) is 6.07 Å². The summed E-state index contributed by atoms with van der Waals surface area (Å²) in [6, 6.07) is 8.28. The monoisotopic (exact) mass is 276 g/mol. The van der Waals surface area contributed by atoms with E-state index >= 15 is 0 Å². The first-order valence-electron chi connectivity index (χ1n) is 5.89. The number of nitrogens with zero attached hydrogens (tertiary/aromatic N) is 2. The lowest BCUT2D eigenvalue weighted by molar-refractivity contribution is 0.269. The van der Waals surface area contributed by atoms with E-state index in [1.807, 2.05) is 0 Å². The molecule has 0 aliphatic carbocycles. The summed E-state index contributed by atoms with van der Waals surface area (Å²) in [4.78, 5) is 4.16. The predicted molar refractivity (Wildman–Crippen MR) is 67.5 cm³/mol. The standard InChI is InChI=1S/C14H10F2N2O2/c15-9-4-5-12(10(16)7-9)20-14-11(8-19)18-6-2-1-3-13(18)17-14/h1-7,19H,8H2. The van der Waals surface area contributed by atoms with Crippen molar-refractivity contribution in [3.63, 3.8) is 0 Å². The van der Waals surface area contributed by atoms with Gasteiger partial charge in [0.15, 0.2) is 11.6 Å². The van der Waals surface area contributed by atoms with Crippen LogP contribution in [0.15, 0.2) is 42.6 Å². The summed E-state index contributed by atoms with van der Waals surface area (Å²) in [5, 5.41) is 9.40. The van der Waals surface area contributed by atoms with Crippen molar-refractivity contribution < 1.29 is 18.6 Å². The number of pyridine rings is 1. The second kappa shape index (κ2) is 4.90. The van der Waals surface area contributed by atoms with Gasteiger partial charge >= 0.3 is 0 Å². The number of aliphatic hydroxyl groups excluding tert-OH is 1. The Balaban J connectivity index is 2.06. The van der Waals surface area contributed by atoms with Crippen LogP contribution in [0, 0.1) is 11.6 Å². The first-order chi connectivity index (χ1) is 9.69. The highest BCUT2D eigenvalue weighted by atomic mass is 19.1. The van der Waals surface area contributed by atoms with Gasteiger partial charge in [0, 0.05) is 12.3 Å². The minimum absolute atomic E-state index is 0.0872. The van der Waals surface area contributed by atoms with Gasteiger partial charge in [-0.05, 0) is 24.3 Å². The molecular weight excluding hydrogens is 266 g/mol. The zero-order chi connectivity index (χ0) is 14.1. The Hall–Kier alpha value is -2.47. The molecule has 0 amide bonds. The van der Waals surface area contributed by atoms with E-state index in [1.54, 1.807) is 28.8 Å². The highest BCUT2D eigenvalue weighted by molar-refractivity contribution is 5.46. The summed E-state index contributed by atoms with van der Waals surface area (Å²) >= 11 is 0. The van der Waals surface area contributed by atoms with Crippen LogP contribution in [0.25, 0.3) is 5.65 Å². The first-order valence-corrected chi connectivity index (χ1v) is 5.89. The molecule has 0 bridgehead atoms. The fraction of sp³-hybridized carbons (Fsp3) is 0.0714. The summed E-state index contributed by atoms with van der Waals surface area (Å²) in [5.41, 5.74) is 0.957. The second-order valence-corrected chi connectivity index (χ2v) is 4.13. The average molecular weight is 276 g/mol. The van der Waals surface area contributed by atoms with Crippen LogP contribution in [0.3, 0.4) is 0 Å². The molecule has 6 heteroatoms. The van der Waals surface area contributed by atoms with Crippen molar-refractivity contribution in [1.29, 1.82) is 0 Å². The number of imidazole rings is 1. The number of hydrogen-bond acceptors (Lipinski definition) is 3. The van der Waals surface area contributed by atoms with E-state index < -0.39 is 11.6 Å². The zero-order valence-corrected chi connectivity index (χ0v) is 10.3.